The minimum Gasteiger partial charge on any atom is -0.493 e. The number of primary sulfonamides is 1. The Hall–Kier alpha value is -2.78. The zero-order valence-corrected chi connectivity index (χ0v) is 16.2. The molecule has 2 aromatic rings. The van der Waals surface area contributed by atoms with E-state index in [0.29, 0.717) is 30.3 Å². The van der Waals surface area contributed by atoms with E-state index in [0.717, 1.165) is 5.56 Å². The number of nitrogens with zero attached hydrogens (tertiary/aromatic N) is 1. The Morgan fingerprint density at radius 3 is 2.37 bits per heavy atom. The lowest BCUT2D eigenvalue weighted by Crippen LogP contribution is -2.30. The van der Waals surface area contributed by atoms with Crippen molar-refractivity contribution in [3.05, 3.63) is 48.0 Å². The Balaban J connectivity index is 2.03. The van der Waals surface area contributed by atoms with Crippen LogP contribution in [0.1, 0.15) is 12.5 Å². The number of anilines is 1. The number of hydrogen-bond acceptors (Lipinski definition) is 5. The lowest BCUT2D eigenvalue weighted by atomic mass is 10.2. The van der Waals surface area contributed by atoms with E-state index in [1.165, 1.54) is 29.2 Å². The summed E-state index contributed by atoms with van der Waals surface area (Å²) >= 11 is 0. The van der Waals surface area contributed by atoms with Crippen LogP contribution in [0.4, 0.5) is 10.5 Å². The van der Waals surface area contributed by atoms with Crippen LogP contribution in [0.5, 0.6) is 11.5 Å². The number of rotatable bonds is 7. The Morgan fingerprint density at radius 2 is 1.81 bits per heavy atom. The minimum atomic E-state index is -3.76. The molecule has 0 aliphatic rings. The van der Waals surface area contributed by atoms with Crippen LogP contribution in [0.25, 0.3) is 0 Å². The lowest BCUT2D eigenvalue weighted by Gasteiger charge is -2.19. The summed E-state index contributed by atoms with van der Waals surface area (Å²) in [6.07, 6.45) is 0. The van der Waals surface area contributed by atoms with Gasteiger partial charge in [-0.3, -0.25) is 0 Å². The van der Waals surface area contributed by atoms with Gasteiger partial charge in [0.1, 0.15) is 0 Å². The minimum absolute atomic E-state index is 0.0182. The highest BCUT2D eigenvalue weighted by Crippen LogP contribution is 2.28. The first-order chi connectivity index (χ1) is 12.7. The van der Waals surface area contributed by atoms with E-state index in [9.17, 15) is 13.2 Å². The van der Waals surface area contributed by atoms with E-state index >= 15 is 0 Å². The molecule has 0 aromatic heterocycles. The molecule has 0 saturated carbocycles. The van der Waals surface area contributed by atoms with Crippen LogP contribution >= 0.6 is 0 Å². The van der Waals surface area contributed by atoms with E-state index < -0.39 is 10.0 Å². The number of carbonyl (C=O) groups is 1. The number of ether oxygens (including phenoxy) is 2. The monoisotopic (exact) mass is 393 g/mol. The molecule has 0 radical (unpaired) electrons. The van der Waals surface area contributed by atoms with Crippen LogP contribution < -0.4 is 19.9 Å². The number of methoxy groups -OCH3 is 1. The topological polar surface area (TPSA) is 111 Å². The summed E-state index contributed by atoms with van der Waals surface area (Å²) in [6, 6.07) is 10.8. The van der Waals surface area contributed by atoms with Crippen LogP contribution in [0.3, 0.4) is 0 Å². The molecule has 146 valence electrons. The van der Waals surface area contributed by atoms with Crippen molar-refractivity contribution in [1.29, 1.82) is 0 Å². The van der Waals surface area contributed by atoms with Gasteiger partial charge in [-0.15, -0.1) is 0 Å². The Kier molecular flexibility index (Phi) is 6.65. The van der Waals surface area contributed by atoms with E-state index in [4.69, 9.17) is 14.6 Å². The zero-order valence-electron chi connectivity index (χ0n) is 15.4. The average molecular weight is 393 g/mol. The molecule has 2 amide bonds. The van der Waals surface area contributed by atoms with E-state index in [1.54, 1.807) is 20.2 Å². The van der Waals surface area contributed by atoms with Gasteiger partial charge in [-0.05, 0) is 48.9 Å². The molecule has 0 saturated heterocycles. The molecular formula is C18H23N3O5S. The highest BCUT2D eigenvalue weighted by atomic mass is 32.2. The second-order valence-electron chi connectivity index (χ2n) is 5.77. The van der Waals surface area contributed by atoms with Crippen LogP contribution in [0, 0.1) is 0 Å². The predicted molar refractivity (Wildman–Crippen MR) is 102 cm³/mol. The number of nitrogens with one attached hydrogen (secondary N) is 1. The fraction of sp³-hybridized carbons (Fsp3) is 0.278. The number of urea groups is 1. The fourth-order valence-corrected chi connectivity index (χ4v) is 2.89. The molecule has 2 aromatic carbocycles. The third kappa shape index (κ3) is 5.60. The summed E-state index contributed by atoms with van der Waals surface area (Å²) < 4.78 is 33.3. The van der Waals surface area contributed by atoms with Gasteiger partial charge in [0.2, 0.25) is 10.0 Å². The summed E-state index contributed by atoms with van der Waals surface area (Å²) in [4.78, 5) is 13.8. The number of amides is 2. The lowest BCUT2D eigenvalue weighted by molar-refractivity contribution is 0.220. The van der Waals surface area contributed by atoms with Gasteiger partial charge in [0.05, 0.1) is 18.6 Å². The van der Waals surface area contributed by atoms with Gasteiger partial charge in [0.15, 0.2) is 11.5 Å². The highest BCUT2D eigenvalue weighted by molar-refractivity contribution is 7.89. The SMILES string of the molecule is CCOc1ccc(CN(C)C(=O)Nc2ccc(S(N)(=O)=O)cc2)cc1OC. The van der Waals surface area contributed by atoms with Crippen LogP contribution in [-0.4, -0.2) is 40.1 Å². The number of carbonyl (C=O) groups excluding carboxylic acids is 1. The largest absolute Gasteiger partial charge is 0.493 e. The van der Waals surface area contributed by atoms with E-state index in [1.807, 2.05) is 19.1 Å². The molecule has 0 fully saturated rings. The van der Waals surface area contributed by atoms with Crippen molar-refractivity contribution in [3.8, 4) is 11.5 Å². The molecule has 0 aliphatic carbocycles. The van der Waals surface area contributed by atoms with Crippen molar-refractivity contribution < 1.29 is 22.7 Å². The summed E-state index contributed by atoms with van der Waals surface area (Å²) in [7, 11) is -0.556. The number of nitrogens with two attached hydrogens (primary N) is 1. The summed E-state index contributed by atoms with van der Waals surface area (Å²) in [5.41, 5.74) is 1.33. The fourth-order valence-electron chi connectivity index (χ4n) is 2.38. The summed E-state index contributed by atoms with van der Waals surface area (Å²) in [5.74, 6) is 1.24. The normalized spacial score (nSPS) is 11.0. The smallest absolute Gasteiger partial charge is 0.321 e. The molecule has 2 rings (SSSR count). The van der Waals surface area contributed by atoms with Gasteiger partial charge in [-0.2, -0.15) is 0 Å². The third-order valence-electron chi connectivity index (χ3n) is 3.73. The Bertz CT molecular complexity index is 898. The highest BCUT2D eigenvalue weighted by Gasteiger charge is 2.13. The van der Waals surface area contributed by atoms with Gasteiger partial charge in [-0.25, -0.2) is 18.4 Å². The van der Waals surface area contributed by atoms with Crippen molar-refractivity contribution in [2.24, 2.45) is 5.14 Å². The molecule has 0 heterocycles. The second kappa shape index (κ2) is 8.74. The molecule has 0 spiro atoms. The first-order valence-corrected chi connectivity index (χ1v) is 9.74. The van der Waals surface area contributed by atoms with Gasteiger partial charge in [0.25, 0.3) is 0 Å². The standard InChI is InChI=1S/C18H23N3O5S/c1-4-26-16-10-5-13(11-17(16)25-3)12-21(2)18(22)20-14-6-8-15(9-7-14)27(19,23)24/h5-11H,4,12H2,1-3H3,(H,20,22)(H2,19,23,24). The maximum atomic E-state index is 12.3. The average Bonchev–Trinajstić information content (AvgIpc) is 2.62. The van der Waals surface area contributed by atoms with Gasteiger partial charge in [-0.1, -0.05) is 6.07 Å². The maximum absolute atomic E-state index is 12.3. The zero-order chi connectivity index (χ0) is 20.0. The molecule has 0 atom stereocenters. The number of sulfonamides is 1. The molecular weight excluding hydrogens is 370 g/mol. The van der Waals surface area contributed by atoms with E-state index in [2.05, 4.69) is 5.32 Å². The quantitative estimate of drug-likeness (QED) is 0.750. The predicted octanol–water partition coefficient (Wildman–Crippen LogP) is 2.41. The molecule has 9 heteroatoms. The van der Waals surface area contributed by atoms with Crippen LogP contribution in [0.15, 0.2) is 47.4 Å². The van der Waals surface area contributed by atoms with Crippen LogP contribution in [-0.2, 0) is 16.6 Å². The first-order valence-electron chi connectivity index (χ1n) is 8.19. The molecule has 0 unspecified atom stereocenters. The Labute approximate surface area is 158 Å². The molecule has 3 N–H and O–H groups in total. The van der Waals surface area contributed by atoms with E-state index in [-0.39, 0.29) is 10.9 Å². The van der Waals surface area contributed by atoms with Gasteiger partial charge in [0, 0.05) is 19.3 Å². The van der Waals surface area contributed by atoms with Gasteiger partial charge >= 0.3 is 6.03 Å². The molecule has 8 nitrogen and oxygen atoms in total. The van der Waals surface area contributed by atoms with Crippen LogP contribution in [0.2, 0.25) is 0 Å². The summed E-state index contributed by atoms with van der Waals surface area (Å²) in [5, 5.41) is 7.75. The number of hydrogen-bond donors (Lipinski definition) is 2. The van der Waals surface area contributed by atoms with Crippen molar-refractivity contribution in [2.45, 2.75) is 18.4 Å². The molecule has 0 aliphatic heterocycles. The summed E-state index contributed by atoms with van der Waals surface area (Å²) in [6.45, 7) is 2.77. The Morgan fingerprint density at radius 1 is 1.15 bits per heavy atom. The van der Waals surface area contributed by atoms with Crippen molar-refractivity contribution >= 4 is 21.7 Å². The number of benzene rings is 2. The first kappa shape index (κ1) is 20.5. The van der Waals surface area contributed by atoms with Crippen molar-refractivity contribution in [2.75, 3.05) is 26.1 Å². The maximum Gasteiger partial charge on any atom is 0.321 e. The van der Waals surface area contributed by atoms with Crippen molar-refractivity contribution in [1.82, 2.24) is 4.90 Å². The van der Waals surface area contributed by atoms with Gasteiger partial charge < -0.3 is 19.7 Å². The second-order valence-corrected chi connectivity index (χ2v) is 7.34. The van der Waals surface area contributed by atoms with Crippen molar-refractivity contribution in [3.63, 3.8) is 0 Å². The molecule has 27 heavy (non-hydrogen) atoms. The third-order valence-corrected chi connectivity index (χ3v) is 4.66. The molecule has 0 bridgehead atoms.